The zero-order valence-corrected chi connectivity index (χ0v) is 14.5. The smallest absolute Gasteiger partial charge is 0.279 e. The fourth-order valence-corrected chi connectivity index (χ4v) is 2.61. The quantitative estimate of drug-likeness (QED) is 0.838. The number of quaternary nitrogens is 1. The summed E-state index contributed by atoms with van der Waals surface area (Å²) in [6, 6.07) is 12.7. The lowest BCUT2D eigenvalue weighted by Gasteiger charge is -2.15. The molecule has 0 saturated carbocycles. The second-order valence-corrected chi connectivity index (χ2v) is 6.09. The number of likely N-dealkylation sites (N-methyl/N-ethyl adjacent to an activating group) is 1. The van der Waals surface area contributed by atoms with E-state index in [0.717, 1.165) is 21.9 Å². The lowest BCUT2D eigenvalue weighted by Crippen LogP contribution is -3.08. The van der Waals surface area contributed by atoms with Gasteiger partial charge in [0.2, 0.25) is 0 Å². The first-order valence-corrected chi connectivity index (χ1v) is 7.93. The van der Waals surface area contributed by atoms with Gasteiger partial charge in [-0.25, -0.2) is 0 Å². The third-order valence-electron chi connectivity index (χ3n) is 3.36. The highest BCUT2D eigenvalue weighted by atomic mass is 35.5. The summed E-state index contributed by atoms with van der Waals surface area (Å²) in [5, 5.41) is 3.93. The largest absolute Gasteiger partial charge is 0.497 e. The van der Waals surface area contributed by atoms with Crippen molar-refractivity contribution in [3.63, 3.8) is 0 Å². The molecule has 4 nitrogen and oxygen atoms in total. The SMILES string of the molecule is COc1ccc(NC(=O)C[NH+](C)Cc2cccc(Cl)c2Cl)cc1. The van der Waals surface area contributed by atoms with E-state index in [9.17, 15) is 4.79 Å². The van der Waals surface area contributed by atoms with Crippen LogP contribution in [0.1, 0.15) is 5.56 Å². The molecule has 1 amide bonds. The predicted molar refractivity (Wildman–Crippen MR) is 93.5 cm³/mol. The van der Waals surface area contributed by atoms with Gasteiger partial charge in [0.25, 0.3) is 5.91 Å². The molecular weight excluding hydrogens is 335 g/mol. The van der Waals surface area contributed by atoms with Gasteiger partial charge < -0.3 is 15.0 Å². The summed E-state index contributed by atoms with van der Waals surface area (Å²) in [5.74, 6) is 0.687. The van der Waals surface area contributed by atoms with Gasteiger partial charge in [-0.2, -0.15) is 0 Å². The van der Waals surface area contributed by atoms with Gasteiger partial charge in [-0.15, -0.1) is 0 Å². The van der Waals surface area contributed by atoms with Crippen molar-refractivity contribution in [3.05, 3.63) is 58.1 Å². The Morgan fingerprint density at radius 1 is 1.17 bits per heavy atom. The highest BCUT2D eigenvalue weighted by molar-refractivity contribution is 6.42. The first-order valence-electron chi connectivity index (χ1n) is 7.17. The Hall–Kier alpha value is -1.75. The van der Waals surface area contributed by atoms with Gasteiger partial charge in [-0.1, -0.05) is 35.3 Å². The number of benzene rings is 2. The molecule has 23 heavy (non-hydrogen) atoms. The zero-order valence-electron chi connectivity index (χ0n) is 13.0. The van der Waals surface area contributed by atoms with Crippen LogP contribution in [-0.2, 0) is 11.3 Å². The molecule has 0 bridgehead atoms. The minimum Gasteiger partial charge on any atom is -0.497 e. The van der Waals surface area contributed by atoms with Crippen molar-refractivity contribution < 1.29 is 14.4 Å². The summed E-state index contributed by atoms with van der Waals surface area (Å²) in [6.07, 6.45) is 0. The lowest BCUT2D eigenvalue weighted by molar-refractivity contribution is -0.885. The van der Waals surface area contributed by atoms with E-state index in [1.165, 1.54) is 0 Å². The normalized spacial score (nSPS) is 11.8. The highest BCUT2D eigenvalue weighted by Gasteiger charge is 2.13. The number of rotatable bonds is 6. The molecule has 0 aromatic heterocycles. The Balaban J connectivity index is 1.90. The first-order chi connectivity index (χ1) is 11.0. The topological polar surface area (TPSA) is 42.8 Å². The molecular formula is C17H19Cl2N2O2+. The van der Waals surface area contributed by atoms with E-state index in [-0.39, 0.29) is 5.91 Å². The first kappa shape index (κ1) is 17.6. The van der Waals surface area contributed by atoms with Gasteiger partial charge in [-0.3, -0.25) is 4.79 Å². The average molecular weight is 354 g/mol. The van der Waals surface area contributed by atoms with Gasteiger partial charge >= 0.3 is 0 Å². The van der Waals surface area contributed by atoms with Crippen LogP contribution < -0.4 is 15.0 Å². The third-order valence-corrected chi connectivity index (χ3v) is 4.22. The number of halogens is 2. The molecule has 6 heteroatoms. The molecule has 0 heterocycles. The van der Waals surface area contributed by atoms with E-state index in [1.54, 1.807) is 37.4 Å². The molecule has 0 saturated heterocycles. The fraction of sp³-hybridized carbons (Fsp3) is 0.235. The van der Waals surface area contributed by atoms with E-state index in [2.05, 4.69) is 5.32 Å². The van der Waals surface area contributed by atoms with Crippen LogP contribution >= 0.6 is 23.2 Å². The fourth-order valence-electron chi connectivity index (χ4n) is 2.23. The monoisotopic (exact) mass is 353 g/mol. The van der Waals surface area contributed by atoms with Crippen LogP contribution in [0.25, 0.3) is 0 Å². The standard InChI is InChI=1S/C17H18Cl2N2O2/c1-21(10-12-4-3-5-15(18)17(12)19)11-16(22)20-13-6-8-14(23-2)9-7-13/h3-9H,10-11H2,1-2H3,(H,20,22)/p+1. The summed E-state index contributed by atoms with van der Waals surface area (Å²) in [4.78, 5) is 13.1. The zero-order chi connectivity index (χ0) is 16.8. The van der Waals surface area contributed by atoms with Crippen molar-refractivity contribution in [1.82, 2.24) is 0 Å². The highest BCUT2D eigenvalue weighted by Crippen LogP contribution is 2.24. The second kappa shape index (κ2) is 8.20. The van der Waals surface area contributed by atoms with Gasteiger partial charge in [-0.05, 0) is 30.3 Å². The van der Waals surface area contributed by atoms with E-state index in [0.29, 0.717) is 23.1 Å². The summed E-state index contributed by atoms with van der Waals surface area (Å²) < 4.78 is 5.09. The number of ether oxygens (including phenoxy) is 1. The molecule has 1 atom stereocenters. The molecule has 2 aromatic carbocycles. The number of carbonyl (C=O) groups excluding carboxylic acids is 1. The predicted octanol–water partition coefficient (Wildman–Crippen LogP) is 2.66. The average Bonchev–Trinajstić information content (AvgIpc) is 2.52. The molecule has 0 aliphatic rings. The molecule has 0 radical (unpaired) electrons. The van der Waals surface area contributed by atoms with Gasteiger partial charge in [0.1, 0.15) is 12.3 Å². The number of amides is 1. The van der Waals surface area contributed by atoms with Crippen LogP contribution in [0.15, 0.2) is 42.5 Å². The van der Waals surface area contributed by atoms with E-state index in [1.807, 2.05) is 19.2 Å². The van der Waals surface area contributed by atoms with E-state index in [4.69, 9.17) is 27.9 Å². The third kappa shape index (κ3) is 5.13. The molecule has 122 valence electrons. The van der Waals surface area contributed by atoms with E-state index < -0.39 is 0 Å². The molecule has 0 fully saturated rings. The van der Waals surface area contributed by atoms with Crippen molar-refractivity contribution in [1.29, 1.82) is 0 Å². The van der Waals surface area contributed by atoms with Gasteiger partial charge in [0.05, 0.1) is 24.2 Å². The van der Waals surface area contributed by atoms with Crippen molar-refractivity contribution in [3.8, 4) is 5.75 Å². The maximum atomic E-state index is 12.1. The lowest BCUT2D eigenvalue weighted by atomic mass is 10.2. The Morgan fingerprint density at radius 3 is 2.52 bits per heavy atom. The minimum absolute atomic E-state index is 0.0641. The number of methoxy groups -OCH3 is 1. The molecule has 2 N–H and O–H groups in total. The summed E-state index contributed by atoms with van der Waals surface area (Å²) in [7, 11) is 3.54. The van der Waals surface area contributed by atoms with Crippen molar-refractivity contribution in [2.45, 2.75) is 6.54 Å². The van der Waals surface area contributed by atoms with Crippen molar-refractivity contribution in [2.24, 2.45) is 0 Å². The summed E-state index contributed by atoms with van der Waals surface area (Å²) >= 11 is 12.2. The number of hydrogen-bond acceptors (Lipinski definition) is 2. The number of anilines is 1. The van der Waals surface area contributed by atoms with Crippen LogP contribution in [0.4, 0.5) is 5.69 Å². The van der Waals surface area contributed by atoms with Crippen LogP contribution in [-0.4, -0.2) is 26.6 Å². The Labute approximate surface area is 146 Å². The second-order valence-electron chi connectivity index (χ2n) is 5.30. The number of hydrogen-bond donors (Lipinski definition) is 2. The molecule has 0 aliphatic carbocycles. The van der Waals surface area contributed by atoms with Gasteiger partial charge in [0.15, 0.2) is 6.54 Å². The molecule has 0 aliphatic heterocycles. The van der Waals surface area contributed by atoms with Gasteiger partial charge in [0, 0.05) is 11.3 Å². The molecule has 1 unspecified atom stereocenters. The van der Waals surface area contributed by atoms with Crippen LogP contribution in [0, 0.1) is 0 Å². The summed E-state index contributed by atoms with van der Waals surface area (Å²) in [5.41, 5.74) is 1.67. The van der Waals surface area contributed by atoms with Crippen molar-refractivity contribution >= 4 is 34.8 Å². The Kier molecular flexibility index (Phi) is 6.28. The van der Waals surface area contributed by atoms with Crippen LogP contribution in [0.5, 0.6) is 5.75 Å². The maximum absolute atomic E-state index is 12.1. The number of carbonyl (C=O) groups is 1. The Morgan fingerprint density at radius 2 is 1.87 bits per heavy atom. The van der Waals surface area contributed by atoms with Crippen LogP contribution in [0.3, 0.4) is 0 Å². The van der Waals surface area contributed by atoms with Crippen molar-refractivity contribution in [2.75, 3.05) is 26.0 Å². The van der Waals surface area contributed by atoms with E-state index >= 15 is 0 Å². The maximum Gasteiger partial charge on any atom is 0.279 e. The Bertz CT molecular complexity index is 675. The van der Waals surface area contributed by atoms with Crippen LogP contribution in [0.2, 0.25) is 10.0 Å². The molecule has 2 aromatic rings. The molecule has 0 spiro atoms. The summed E-state index contributed by atoms with van der Waals surface area (Å²) in [6.45, 7) is 0.949. The number of nitrogens with one attached hydrogen (secondary N) is 2. The minimum atomic E-state index is -0.0641. The molecule has 2 rings (SSSR count).